The van der Waals surface area contributed by atoms with Crippen LogP contribution >= 0.6 is 0 Å². The number of carbonyl (C=O) groups is 2. The monoisotopic (exact) mass is 381 g/mol. The van der Waals surface area contributed by atoms with Crippen LogP contribution in [0.2, 0.25) is 0 Å². The highest BCUT2D eigenvalue weighted by Crippen LogP contribution is 2.25. The van der Waals surface area contributed by atoms with Gasteiger partial charge < -0.3 is 19.9 Å². The van der Waals surface area contributed by atoms with Gasteiger partial charge in [0.15, 0.2) is 0 Å². The number of amides is 3. The van der Waals surface area contributed by atoms with Gasteiger partial charge in [-0.1, -0.05) is 60.7 Å². The summed E-state index contributed by atoms with van der Waals surface area (Å²) < 4.78 is 6.06. The number of benzene rings is 2. The van der Waals surface area contributed by atoms with Crippen LogP contribution in [0.1, 0.15) is 24.2 Å². The first kappa shape index (κ1) is 19.9. The first-order chi connectivity index (χ1) is 13.7. The van der Waals surface area contributed by atoms with Crippen molar-refractivity contribution in [3.05, 3.63) is 71.8 Å². The highest BCUT2D eigenvalue weighted by atomic mass is 16.5. The highest BCUT2D eigenvalue weighted by molar-refractivity contribution is 5.78. The van der Waals surface area contributed by atoms with Gasteiger partial charge in [0.05, 0.1) is 0 Å². The Hall–Kier alpha value is -2.86. The molecule has 6 nitrogen and oxygen atoms in total. The third kappa shape index (κ3) is 5.10. The summed E-state index contributed by atoms with van der Waals surface area (Å²) in [5.74, 6) is -0.0487. The lowest BCUT2D eigenvalue weighted by Gasteiger charge is -2.34. The number of urea groups is 1. The van der Waals surface area contributed by atoms with E-state index in [1.807, 2.05) is 67.6 Å². The molecule has 148 valence electrons. The third-order valence-electron chi connectivity index (χ3n) is 4.83. The molecule has 1 fully saturated rings. The Kier molecular flexibility index (Phi) is 7.03. The lowest BCUT2D eigenvalue weighted by atomic mass is 10.0. The molecule has 0 aromatic heterocycles. The van der Waals surface area contributed by atoms with Crippen molar-refractivity contribution in [3.63, 3.8) is 0 Å². The van der Waals surface area contributed by atoms with Crippen molar-refractivity contribution in [1.82, 2.24) is 15.1 Å². The molecule has 0 saturated carbocycles. The molecule has 0 atom stereocenters. The van der Waals surface area contributed by atoms with E-state index < -0.39 is 0 Å². The quantitative estimate of drug-likeness (QED) is 0.837. The predicted octanol–water partition coefficient (Wildman–Crippen LogP) is 2.67. The first-order valence-corrected chi connectivity index (χ1v) is 9.71. The average molecular weight is 381 g/mol. The second-order valence-corrected chi connectivity index (χ2v) is 6.72. The van der Waals surface area contributed by atoms with Crippen LogP contribution in [0.3, 0.4) is 0 Å². The Balaban J connectivity index is 1.58. The standard InChI is InChI=1S/C22H27N3O3/c1-2-23-22(27)25-15-13-24(14-16-25)20(26)17-28-21(18-9-5-3-6-10-18)19-11-7-4-8-12-19/h3-12,21H,2,13-17H2,1H3,(H,23,27). The van der Waals surface area contributed by atoms with Crippen molar-refractivity contribution < 1.29 is 14.3 Å². The minimum Gasteiger partial charge on any atom is -0.359 e. The van der Waals surface area contributed by atoms with Crippen molar-refractivity contribution in [2.24, 2.45) is 0 Å². The highest BCUT2D eigenvalue weighted by Gasteiger charge is 2.25. The maximum atomic E-state index is 12.6. The summed E-state index contributed by atoms with van der Waals surface area (Å²) in [6.45, 7) is 4.64. The Morgan fingerprint density at radius 2 is 1.39 bits per heavy atom. The van der Waals surface area contributed by atoms with Crippen molar-refractivity contribution >= 4 is 11.9 Å². The molecule has 3 amide bonds. The molecular weight excluding hydrogens is 354 g/mol. The van der Waals surface area contributed by atoms with E-state index >= 15 is 0 Å². The molecule has 1 aliphatic rings. The van der Waals surface area contributed by atoms with Crippen LogP contribution in [-0.4, -0.2) is 61.1 Å². The van der Waals surface area contributed by atoms with Gasteiger partial charge in [-0.05, 0) is 18.1 Å². The molecule has 0 radical (unpaired) electrons. The summed E-state index contributed by atoms with van der Waals surface area (Å²) >= 11 is 0. The molecule has 2 aromatic rings. The predicted molar refractivity (Wildman–Crippen MR) is 108 cm³/mol. The third-order valence-corrected chi connectivity index (χ3v) is 4.83. The van der Waals surface area contributed by atoms with Gasteiger partial charge in [-0.15, -0.1) is 0 Å². The molecule has 0 unspecified atom stereocenters. The summed E-state index contributed by atoms with van der Waals surface area (Å²) in [4.78, 5) is 28.0. The lowest BCUT2D eigenvalue weighted by Crippen LogP contribution is -2.53. The van der Waals surface area contributed by atoms with Gasteiger partial charge in [-0.3, -0.25) is 4.79 Å². The number of nitrogens with one attached hydrogen (secondary N) is 1. The topological polar surface area (TPSA) is 61.9 Å². The molecule has 3 rings (SSSR count). The number of piperazine rings is 1. The molecule has 0 bridgehead atoms. The van der Waals surface area contributed by atoms with E-state index in [1.165, 1.54) is 0 Å². The zero-order chi connectivity index (χ0) is 19.8. The SMILES string of the molecule is CCNC(=O)N1CCN(C(=O)COC(c2ccccc2)c2ccccc2)CC1. The normalized spacial score (nSPS) is 14.2. The van der Waals surface area contributed by atoms with E-state index in [1.54, 1.807) is 9.80 Å². The molecule has 28 heavy (non-hydrogen) atoms. The van der Waals surface area contributed by atoms with Gasteiger partial charge in [0.25, 0.3) is 0 Å². The molecule has 1 heterocycles. The molecule has 6 heteroatoms. The maximum absolute atomic E-state index is 12.6. The Morgan fingerprint density at radius 1 is 0.893 bits per heavy atom. The van der Waals surface area contributed by atoms with Crippen LogP contribution in [0.25, 0.3) is 0 Å². The Bertz CT molecular complexity index is 720. The van der Waals surface area contributed by atoms with Gasteiger partial charge in [0, 0.05) is 32.7 Å². The minimum atomic E-state index is -0.289. The van der Waals surface area contributed by atoms with Crippen LogP contribution in [0, 0.1) is 0 Å². The van der Waals surface area contributed by atoms with E-state index in [0.717, 1.165) is 11.1 Å². The zero-order valence-electron chi connectivity index (χ0n) is 16.2. The van der Waals surface area contributed by atoms with E-state index in [9.17, 15) is 9.59 Å². The number of rotatable bonds is 6. The lowest BCUT2D eigenvalue weighted by molar-refractivity contribution is -0.139. The van der Waals surface area contributed by atoms with Crippen molar-refractivity contribution in [2.45, 2.75) is 13.0 Å². The number of hydrogen-bond donors (Lipinski definition) is 1. The number of ether oxygens (including phenoxy) is 1. The molecular formula is C22H27N3O3. The summed E-state index contributed by atoms with van der Waals surface area (Å²) in [7, 11) is 0. The number of nitrogens with zero attached hydrogens (tertiary/aromatic N) is 2. The van der Waals surface area contributed by atoms with Crippen LogP contribution < -0.4 is 5.32 Å². The zero-order valence-corrected chi connectivity index (χ0v) is 16.2. The summed E-state index contributed by atoms with van der Waals surface area (Å²) in [6, 6.07) is 19.8. The summed E-state index contributed by atoms with van der Waals surface area (Å²) in [5, 5.41) is 2.79. The fraction of sp³-hybridized carbons (Fsp3) is 0.364. The van der Waals surface area contributed by atoms with Crippen LogP contribution in [-0.2, 0) is 9.53 Å². The largest absolute Gasteiger partial charge is 0.359 e. The van der Waals surface area contributed by atoms with Gasteiger partial charge >= 0.3 is 6.03 Å². The number of hydrogen-bond acceptors (Lipinski definition) is 3. The number of carbonyl (C=O) groups excluding carboxylic acids is 2. The first-order valence-electron chi connectivity index (χ1n) is 9.71. The van der Waals surface area contributed by atoms with Crippen molar-refractivity contribution in [2.75, 3.05) is 39.3 Å². The van der Waals surface area contributed by atoms with Crippen molar-refractivity contribution in [3.8, 4) is 0 Å². The molecule has 0 spiro atoms. The summed E-state index contributed by atoms with van der Waals surface area (Å²) in [6.07, 6.45) is -0.289. The van der Waals surface area contributed by atoms with E-state index in [2.05, 4.69) is 5.32 Å². The minimum absolute atomic E-state index is 0.00954. The van der Waals surface area contributed by atoms with Gasteiger partial charge in [-0.2, -0.15) is 0 Å². The molecule has 2 aromatic carbocycles. The second-order valence-electron chi connectivity index (χ2n) is 6.72. The average Bonchev–Trinajstić information content (AvgIpc) is 2.75. The van der Waals surface area contributed by atoms with Crippen LogP contribution in [0.4, 0.5) is 4.79 Å². The molecule has 1 saturated heterocycles. The van der Waals surface area contributed by atoms with E-state index in [-0.39, 0.29) is 24.6 Å². The van der Waals surface area contributed by atoms with E-state index in [4.69, 9.17) is 4.74 Å². The molecule has 1 N–H and O–H groups in total. The van der Waals surface area contributed by atoms with Gasteiger partial charge in [0.2, 0.25) is 5.91 Å². The van der Waals surface area contributed by atoms with Crippen LogP contribution in [0.15, 0.2) is 60.7 Å². The smallest absolute Gasteiger partial charge is 0.317 e. The van der Waals surface area contributed by atoms with Gasteiger partial charge in [-0.25, -0.2) is 4.79 Å². The Labute approximate surface area is 166 Å². The van der Waals surface area contributed by atoms with E-state index in [0.29, 0.717) is 32.7 Å². The fourth-order valence-corrected chi connectivity index (χ4v) is 3.31. The maximum Gasteiger partial charge on any atom is 0.317 e. The van der Waals surface area contributed by atoms with Gasteiger partial charge in [0.1, 0.15) is 12.7 Å². The van der Waals surface area contributed by atoms with Crippen LogP contribution in [0.5, 0.6) is 0 Å². The molecule has 0 aliphatic carbocycles. The Morgan fingerprint density at radius 3 is 1.89 bits per heavy atom. The van der Waals surface area contributed by atoms with Crippen molar-refractivity contribution in [1.29, 1.82) is 0 Å². The summed E-state index contributed by atoms with van der Waals surface area (Å²) in [5.41, 5.74) is 2.03. The molecule has 1 aliphatic heterocycles. The fourth-order valence-electron chi connectivity index (χ4n) is 3.31. The second kappa shape index (κ2) is 9.90.